The number of likely N-dealkylation sites (tertiary alicyclic amines) is 1. The number of anilines is 1. The van der Waals surface area contributed by atoms with Gasteiger partial charge in [-0.2, -0.15) is 0 Å². The van der Waals surface area contributed by atoms with Crippen LogP contribution in [0, 0.1) is 5.92 Å². The molecule has 0 radical (unpaired) electrons. The molecule has 7 nitrogen and oxygen atoms in total. The summed E-state index contributed by atoms with van der Waals surface area (Å²) in [4.78, 5) is 38.2. The number of esters is 1. The van der Waals surface area contributed by atoms with E-state index in [0.717, 1.165) is 5.56 Å². The molecule has 1 aliphatic heterocycles. The zero-order valence-electron chi connectivity index (χ0n) is 15.7. The first-order valence-electron chi connectivity index (χ1n) is 8.97. The zero-order valence-corrected chi connectivity index (χ0v) is 15.7. The van der Waals surface area contributed by atoms with Crippen LogP contribution in [0.2, 0.25) is 0 Å². The topological polar surface area (TPSA) is 95.9 Å². The van der Waals surface area contributed by atoms with Crippen molar-refractivity contribution in [3.05, 3.63) is 59.7 Å². The van der Waals surface area contributed by atoms with Gasteiger partial charge in [0.2, 0.25) is 11.8 Å². The minimum Gasteiger partial charge on any atom is -0.506 e. The number of benzene rings is 2. The van der Waals surface area contributed by atoms with E-state index in [9.17, 15) is 19.5 Å². The van der Waals surface area contributed by atoms with Gasteiger partial charge < -0.3 is 20.1 Å². The van der Waals surface area contributed by atoms with Gasteiger partial charge in [-0.1, -0.05) is 30.3 Å². The van der Waals surface area contributed by atoms with Crippen molar-refractivity contribution in [2.45, 2.75) is 19.4 Å². The lowest BCUT2D eigenvalue weighted by molar-refractivity contribution is -0.129. The Balaban J connectivity index is 1.67. The smallest absolute Gasteiger partial charge is 0.337 e. The van der Waals surface area contributed by atoms with Gasteiger partial charge in [0.25, 0.3) is 0 Å². The zero-order chi connectivity index (χ0) is 20.3. The Morgan fingerprint density at radius 1 is 1.21 bits per heavy atom. The molecule has 2 unspecified atom stereocenters. The highest BCUT2D eigenvalue weighted by Crippen LogP contribution is 2.30. The summed E-state index contributed by atoms with van der Waals surface area (Å²) in [6.07, 6.45) is 0.115. The molecule has 0 spiro atoms. The number of nitrogens with one attached hydrogen (secondary N) is 1. The van der Waals surface area contributed by atoms with E-state index in [-0.39, 0.29) is 41.3 Å². The normalized spacial score (nSPS) is 17.3. The van der Waals surface area contributed by atoms with Gasteiger partial charge >= 0.3 is 5.97 Å². The quantitative estimate of drug-likeness (QED) is 0.612. The van der Waals surface area contributed by atoms with Crippen LogP contribution in [0.3, 0.4) is 0 Å². The predicted octanol–water partition coefficient (Wildman–Crippen LogP) is 2.73. The van der Waals surface area contributed by atoms with Gasteiger partial charge in [-0.25, -0.2) is 4.79 Å². The van der Waals surface area contributed by atoms with Gasteiger partial charge in [-0.15, -0.1) is 0 Å². The fourth-order valence-electron chi connectivity index (χ4n) is 3.31. The Morgan fingerprint density at radius 3 is 2.57 bits per heavy atom. The van der Waals surface area contributed by atoms with Crippen LogP contribution in [0.5, 0.6) is 5.75 Å². The van der Waals surface area contributed by atoms with Crippen LogP contribution in [-0.2, 0) is 14.3 Å². The van der Waals surface area contributed by atoms with E-state index < -0.39 is 11.9 Å². The van der Waals surface area contributed by atoms with E-state index in [0.29, 0.717) is 6.54 Å². The lowest BCUT2D eigenvalue weighted by Crippen LogP contribution is -2.30. The first-order chi connectivity index (χ1) is 13.4. The molecule has 1 aliphatic rings. The molecule has 1 fully saturated rings. The number of hydrogen-bond donors (Lipinski definition) is 2. The van der Waals surface area contributed by atoms with Crippen molar-refractivity contribution in [2.24, 2.45) is 5.92 Å². The molecule has 0 aliphatic carbocycles. The van der Waals surface area contributed by atoms with Crippen molar-refractivity contribution < 1.29 is 24.2 Å². The number of hydrogen-bond acceptors (Lipinski definition) is 5. The summed E-state index contributed by atoms with van der Waals surface area (Å²) in [7, 11) is 1.24. The molecule has 0 saturated carbocycles. The van der Waals surface area contributed by atoms with Gasteiger partial charge in [0, 0.05) is 13.0 Å². The van der Waals surface area contributed by atoms with Crippen LogP contribution in [-0.4, -0.2) is 41.4 Å². The third-order valence-corrected chi connectivity index (χ3v) is 4.96. The van der Waals surface area contributed by atoms with E-state index in [1.807, 2.05) is 37.3 Å². The molecule has 2 aromatic rings. The van der Waals surface area contributed by atoms with Crippen molar-refractivity contribution >= 4 is 23.5 Å². The van der Waals surface area contributed by atoms with Crippen molar-refractivity contribution in [3.63, 3.8) is 0 Å². The number of carbonyl (C=O) groups is 3. The third kappa shape index (κ3) is 3.98. The molecule has 2 aromatic carbocycles. The summed E-state index contributed by atoms with van der Waals surface area (Å²) in [6, 6.07) is 13.6. The van der Waals surface area contributed by atoms with Gasteiger partial charge in [0.15, 0.2) is 0 Å². The molecule has 7 heteroatoms. The number of phenols is 1. The number of methoxy groups -OCH3 is 1. The highest BCUT2D eigenvalue weighted by atomic mass is 16.5. The van der Waals surface area contributed by atoms with E-state index in [4.69, 9.17) is 0 Å². The highest BCUT2D eigenvalue weighted by molar-refractivity contribution is 5.99. The maximum absolute atomic E-state index is 12.6. The maximum Gasteiger partial charge on any atom is 0.337 e. The number of rotatable bonds is 5. The third-order valence-electron chi connectivity index (χ3n) is 4.96. The van der Waals surface area contributed by atoms with Crippen LogP contribution in [0.25, 0.3) is 0 Å². The second-order valence-corrected chi connectivity index (χ2v) is 6.75. The minimum atomic E-state index is -0.583. The van der Waals surface area contributed by atoms with E-state index in [1.54, 1.807) is 4.90 Å². The van der Waals surface area contributed by atoms with Crippen LogP contribution in [0.15, 0.2) is 48.5 Å². The van der Waals surface area contributed by atoms with Crippen molar-refractivity contribution in [1.82, 2.24) is 4.90 Å². The molecule has 2 N–H and O–H groups in total. The van der Waals surface area contributed by atoms with Gasteiger partial charge in [-0.05, 0) is 30.7 Å². The minimum absolute atomic E-state index is 0.0817. The fraction of sp³-hybridized carbons (Fsp3) is 0.286. The van der Waals surface area contributed by atoms with Crippen LogP contribution in [0.1, 0.15) is 35.3 Å². The summed E-state index contributed by atoms with van der Waals surface area (Å²) >= 11 is 0. The second-order valence-electron chi connectivity index (χ2n) is 6.75. The Kier molecular flexibility index (Phi) is 5.63. The summed E-state index contributed by atoms with van der Waals surface area (Å²) in [5, 5.41) is 12.7. The van der Waals surface area contributed by atoms with E-state index in [1.165, 1.54) is 25.3 Å². The monoisotopic (exact) mass is 382 g/mol. The standard InChI is InChI=1S/C21H22N2O5/c1-13(14-6-4-3-5-7-14)23-12-16(11-19(23)25)20(26)22-17-9-8-15(10-18(17)24)21(27)28-2/h3-10,13,16,24H,11-12H2,1-2H3,(H,22,26). The first-order valence-corrected chi connectivity index (χ1v) is 8.97. The lowest BCUT2D eigenvalue weighted by Gasteiger charge is -2.25. The molecule has 0 aromatic heterocycles. The Bertz CT molecular complexity index is 897. The average Bonchev–Trinajstić information content (AvgIpc) is 3.10. The average molecular weight is 382 g/mol. The molecule has 1 saturated heterocycles. The highest BCUT2D eigenvalue weighted by Gasteiger charge is 2.37. The molecule has 28 heavy (non-hydrogen) atoms. The van der Waals surface area contributed by atoms with Crippen molar-refractivity contribution in [3.8, 4) is 5.75 Å². The summed E-state index contributed by atoms with van der Waals surface area (Å²) in [6.45, 7) is 2.24. The predicted molar refractivity (Wildman–Crippen MR) is 103 cm³/mol. The molecule has 0 bridgehead atoms. The Hall–Kier alpha value is -3.35. The fourth-order valence-corrected chi connectivity index (χ4v) is 3.31. The molecule has 1 heterocycles. The number of amides is 2. The van der Waals surface area contributed by atoms with E-state index in [2.05, 4.69) is 10.1 Å². The van der Waals surface area contributed by atoms with Crippen molar-refractivity contribution in [1.29, 1.82) is 0 Å². The number of phenolic OH excluding ortho intramolecular Hbond substituents is 1. The summed E-state index contributed by atoms with van der Waals surface area (Å²) < 4.78 is 4.60. The van der Waals surface area contributed by atoms with Crippen LogP contribution >= 0.6 is 0 Å². The molecular weight excluding hydrogens is 360 g/mol. The number of aromatic hydroxyl groups is 1. The van der Waals surface area contributed by atoms with Crippen LogP contribution in [0.4, 0.5) is 5.69 Å². The summed E-state index contributed by atoms with van der Waals surface area (Å²) in [5.74, 6) is -1.77. The second kappa shape index (κ2) is 8.12. The summed E-state index contributed by atoms with van der Waals surface area (Å²) in [5.41, 5.74) is 1.37. The van der Waals surface area contributed by atoms with Crippen LogP contribution < -0.4 is 5.32 Å². The van der Waals surface area contributed by atoms with Gasteiger partial charge in [-0.3, -0.25) is 9.59 Å². The molecule has 3 rings (SSSR count). The molecule has 146 valence electrons. The lowest BCUT2D eigenvalue weighted by atomic mass is 10.1. The van der Waals surface area contributed by atoms with Gasteiger partial charge in [0.05, 0.1) is 30.3 Å². The Labute approximate surface area is 162 Å². The van der Waals surface area contributed by atoms with Gasteiger partial charge in [0.1, 0.15) is 5.75 Å². The largest absolute Gasteiger partial charge is 0.506 e. The Morgan fingerprint density at radius 2 is 1.93 bits per heavy atom. The molecule has 2 amide bonds. The number of carbonyl (C=O) groups excluding carboxylic acids is 3. The number of nitrogens with zero attached hydrogens (tertiary/aromatic N) is 1. The molecular formula is C21H22N2O5. The molecule has 2 atom stereocenters. The maximum atomic E-state index is 12.6. The number of ether oxygens (including phenoxy) is 1. The first kappa shape index (κ1) is 19.4. The van der Waals surface area contributed by atoms with E-state index >= 15 is 0 Å². The SMILES string of the molecule is COC(=O)c1ccc(NC(=O)C2CC(=O)N(C(C)c3ccccc3)C2)c(O)c1. The van der Waals surface area contributed by atoms with Crippen molar-refractivity contribution in [2.75, 3.05) is 19.0 Å².